The van der Waals surface area contributed by atoms with Crippen LogP contribution in [0, 0.1) is 5.41 Å². The van der Waals surface area contributed by atoms with Gasteiger partial charge in [-0.1, -0.05) is 49.7 Å². The van der Waals surface area contributed by atoms with Gasteiger partial charge >= 0.3 is 0 Å². The van der Waals surface area contributed by atoms with Crippen molar-refractivity contribution in [3.63, 3.8) is 0 Å². The number of nitrogens with zero attached hydrogens (tertiary/aromatic N) is 3. The van der Waals surface area contributed by atoms with Crippen molar-refractivity contribution < 1.29 is 4.84 Å². The largest absolute Gasteiger partial charge is 0.389 e. The molecule has 0 bridgehead atoms. The van der Waals surface area contributed by atoms with Crippen molar-refractivity contribution in [3.8, 4) is 0 Å². The van der Waals surface area contributed by atoms with Crippen LogP contribution in [0.2, 0.25) is 5.02 Å². The van der Waals surface area contributed by atoms with Crippen molar-refractivity contribution in [2.45, 2.75) is 27.4 Å². The Morgan fingerprint density at radius 1 is 1.30 bits per heavy atom. The predicted molar refractivity (Wildman–Crippen MR) is 80.8 cm³/mol. The fraction of sp³-hybridized carbons (Fsp3) is 0.333. The third-order valence-corrected chi connectivity index (χ3v) is 2.97. The second-order valence-electron chi connectivity index (χ2n) is 5.53. The van der Waals surface area contributed by atoms with Crippen LogP contribution in [0.5, 0.6) is 0 Å². The first-order valence-electron chi connectivity index (χ1n) is 6.40. The molecule has 0 unspecified atom stereocenters. The van der Waals surface area contributed by atoms with E-state index in [9.17, 15) is 0 Å². The molecule has 5 heteroatoms. The van der Waals surface area contributed by atoms with Gasteiger partial charge in [0.1, 0.15) is 12.9 Å². The average molecular weight is 292 g/mol. The van der Waals surface area contributed by atoms with Crippen molar-refractivity contribution in [1.82, 2.24) is 9.55 Å². The number of aromatic nitrogens is 2. The summed E-state index contributed by atoms with van der Waals surface area (Å²) in [6, 6.07) is 7.52. The van der Waals surface area contributed by atoms with Crippen LogP contribution < -0.4 is 0 Å². The summed E-state index contributed by atoms with van der Waals surface area (Å²) in [5.74, 6) is 0.809. The smallest absolute Gasteiger partial charge is 0.159 e. The summed E-state index contributed by atoms with van der Waals surface area (Å²) in [6.07, 6.45) is 5.30. The van der Waals surface area contributed by atoms with Gasteiger partial charge in [0.05, 0.1) is 0 Å². The zero-order valence-electron chi connectivity index (χ0n) is 11.9. The Bertz CT molecular complexity index is 568. The molecular formula is C15H18ClN3O. The molecule has 0 radical (unpaired) electrons. The molecule has 0 saturated carbocycles. The molecular weight excluding hydrogens is 274 g/mol. The van der Waals surface area contributed by atoms with Crippen LogP contribution in [0.1, 0.15) is 26.3 Å². The highest BCUT2D eigenvalue weighted by atomic mass is 35.5. The maximum absolute atomic E-state index is 5.84. The minimum absolute atomic E-state index is 0.138. The van der Waals surface area contributed by atoms with E-state index in [1.165, 1.54) is 0 Å². The quantitative estimate of drug-likeness (QED) is 0.488. The molecule has 2 rings (SSSR count). The van der Waals surface area contributed by atoms with Gasteiger partial charge in [0.15, 0.2) is 5.84 Å². The van der Waals surface area contributed by atoms with Crippen molar-refractivity contribution in [2.24, 2.45) is 10.6 Å². The molecule has 0 aliphatic heterocycles. The first-order valence-corrected chi connectivity index (χ1v) is 6.78. The fourth-order valence-corrected chi connectivity index (χ4v) is 1.83. The summed E-state index contributed by atoms with van der Waals surface area (Å²) in [5.41, 5.74) is 0.887. The van der Waals surface area contributed by atoms with Gasteiger partial charge in [-0.2, -0.15) is 0 Å². The lowest BCUT2D eigenvalue weighted by molar-refractivity contribution is 0.126. The van der Waals surface area contributed by atoms with Gasteiger partial charge < -0.3 is 4.84 Å². The van der Waals surface area contributed by atoms with Gasteiger partial charge in [-0.15, -0.1) is 0 Å². The lowest BCUT2D eigenvalue weighted by Gasteiger charge is -2.21. The fourth-order valence-electron chi connectivity index (χ4n) is 1.70. The summed E-state index contributed by atoms with van der Waals surface area (Å²) in [5, 5.41) is 4.98. The molecule has 0 fully saturated rings. The molecule has 0 saturated heterocycles. The Morgan fingerprint density at radius 2 is 2.00 bits per heavy atom. The van der Waals surface area contributed by atoms with Crippen LogP contribution in [0.15, 0.2) is 48.1 Å². The van der Waals surface area contributed by atoms with Crippen LogP contribution in [0.25, 0.3) is 0 Å². The predicted octanol–water partition coefficient (Wildman–Crippen LogP) is 3.96. The van der Waals surface area contributed by atoms with Crippen molar-refractivity contribution >= 4 is 17.4 Å². The standard InChI is InChI=1S/C15H18ClN3O/c1-15(2,3)14(19-9-8-17-11-19)18-20-10-12-4-6-13(16)7-5-12/h4-9,11H,10H2,1-3H3. The zero-order valence-corrected chi connectivity index (χ0v) is 12.6. The molecule has 0 spiro atoms. The Balaban J connectivity index is 2.09. The van der Waals surface area contributed by atoms with E-state index in [1.54, 1.807) is 12.5 Å². The van der Waals surface area contributed by atoms with Gasteiger partial charge in [-0.25, -0.2) is 4.98 Å². The summed E-state index contributed by atoms with van der Waals surface area (Å²) in [6.45, 7) is 6.65. The Hall–Kier alpha value is -1.81. The number of hydrogen-bond acceptors (Lipinski definition) is 3. The Morgan fingerprint density at radius 3 is 2.55 bits per heavy atom. The van der Waals surface area contributed by atoms with Gasteiger partial charge in [0.25, 0.3) is 0 Å². The second-order valence-corrected chi connectivity index (χ2v) is 5.97. The molecule has 1 heterocycles. The maximum atomic E-state index is 5.84. The monoisotopic (exact) mass is 291 g/mol. The summed E-state index contributed by atoms with van der Waals surface area (Å²) < 4.78 is 1.86. The molecule has 0 atom stereocenters. The first kappa shape index (κ1) is 14.6. The lowest BCUT2D eigenvalue weighted by Crippen LogP contribution is -2.27. The van der Waals surface area contributed by atoms with Crippen LogP contribution in [-0.4, -0.2) is 15.4 Å². The van der Waals surface area contributed by atoms with Gasteiger partial charge in [0.2, 0.25) is 0 Å². The molecule has 1 aromatic heterocycles. The van der Waals surface area contributed by atoms with E-state index in [1.807, 2.05) is 35.0 Å². The van der Waals surface area contributed by atoms with E-state index in [0.717, 1.165) is 11.4 Å². The number of imidazole rings is 1. The molecule has 20 heavy (non-hydrogen) atoms. The Labute approximate surface area is 124 Å². The third-order valence-electron chi connectivity index (χ3n) is 2.72. The minimum Gasteiger partial charge on any atom is -0.389 e. The highest BCUT2D eigenvalue weighted by Crippen LogP contribution is 2.18. The number of benzene rings is 1. The second kappa shape index (κ2) is 6.09. The van der Waals surface area contributed by atoms with E-state index in [-0.39, 0.29) is 5.41 Å². The van der Waals surface area contributed by atoms with Gasteiger partial charge in [-0.3, -0.25) is 4.57 Å². The van der Waals surface area contributed by atoms with E-state index in [0.29, 0.717) is 11.6 Å². The SMILES string of the molecule is CC(C)(C)C(=NOCc1ccc(Cl)cc1)n1ccnc1. The maximum Gasteiger partial charge on any atom is 0.159 e. The summed E-state index contributed by atoms with van der Waals surface area (Å²) >= 11 is 5.84. The van der Waals surface area contributed by atoms with Crippen LogP contribution >= 0.6 is 11.6 Å². The topological polar surface area (TPSA) is 39.4 Å². The molecule has 2 aromatic rings. The van der Waals surface area contributed by atoms with Crippen molar-refractivity contribution in [1.29, 1.82) is 0 Å². The van der Waals surface area contributed by atoms with Gasteiger partial charge in [0, 0.05) is 22.8 Å². The van der Waals surface area contributed by atoms with E-state index < -0.39 is 0 Å². The highest BCUT2D eigenvalue weighted by Gasteiger charge is 2.21. The molecule has 1 aromatic carbocycles. The number of hydrogen-bond donors (Lipinski definition) is 0. The Kier molecular flexibility index (Phi) is 4.45. The van der Waals surface area contributed by atoms with Crippen LogP contribution in [-0.2, 0) is 11.4 Å². The molecule has 4 nitrogen and oxygen atoms in total. The minimum atomic E-state index is -0.138. The van der Waals surface area contributed by atoms with Gasteiger partial charge in [-0.05, 0) is 17.7 Å². The average Bonchev–Trinajstić information content (AvgIpc) is 2.88. The number of rotatable bonds is 3. The molecule has 106 valence electrons. The molecule has 0 aliphatic carbocycles. The highest BCUT2D eigenvalue weighted by molar-refractivity contribution is 6.30. The van der Waals surface area contributed by atoms with Crippen molar-refractivity contribution in [3.05, 3.63) is 53.6 Å². The van der Waals surface area contributed by atoms with E-state index >= 15 is 0 Å². The first-order chi connectivity index (χ1) is 9.47. The molecule has 0 N–H and O–H groups in total. The van der Waals surface area contributed by atoms with Crippen molar-refractivity contribution in [2.75, 3.05) is 0 Å². The zero-order chi connectivity index (χ0) is 14.6. The summed E-state index contributed by atoms with van der Waals surface area (Å²) in [7, 11) is 0. The van der Waals surface area contributed by atoms with Crippen LogP contribution in [0.3, 0.4) is 0 Å². The number of oxime groups is 1. The lowest BCUT2D eigenvalue weighted by atomic mass is 9.95. The molecule has 0 aliphatic rings. The van der Waals surface area contributed by atoms with E-state index in [4.69, 9.17) is 16.4 Å². The van der Waals surface area contributed by atoms with E-state index in [2.05, 4.69) is 30.9 Å². The molecule has 0 amide bonds. The summed E-state index contributed by atoms with van der Waals surface area (Å²) in [4.78, 5) is 9.51. The normalized spacial score (nSPS) is 12.5. The number of halogens is 1. The third kappa shape index (κ3) is 3.84. The van der Waals surface area contributed by atoms with Crippen LogP contribution in [0.4, 0.5) is 0 Å².